The Morgan fingerprint density at radius 3 is 2.69 bits per heavy atom. The number of piperidine rings is 1. The molecule has 0 unspecified atom stereocenters. The fraction of sp³-hybridized carbons (Fsp3) is 0.458. The summed E-state index contributed by atoms with van der Waals surface area (Å²) in [5.74, 6) is 0.257. The van der Waals surface area contributed by atoms with E-state index in [4.69, 9.17) is 0 Å². The Hall–Kier alpha value is -2.69. The number of aromatic nitrogens is 1. The van der Waals surface area contributed by atoms with Gasteiger partial charge in [0.25, 0.3) is 0 Å². The second kappa shape index (κ2) is 10.2. The number of likely N-dealkylation sites (tertiary alicyclic amines) is 1. The van der Waals surface area contributed by atoms with Gasteiger partial charge in [-0.1, -0.05) is 50.2 Å². The first kappa shape index (κ1) is 21.0. The standard InChI is InChI=1S/C24H31N3O2/c1-18(2)17-27-22(28)13-12-21(23(27)20-11-7-14-25-16-20)24(29)26-15-6-10-19-8-4-3-5-9-19/h3-5,7-9,11,14,16,18,21,23H,6,10,12-13,15,17H2,1-2H3,(H,26,29)/t21-,23+/m1/s1. The van der Waals surface area contributed by atoms with Crippen molar-refractivity contribution in [2.24, 2.45) is 11.8 Å². The Bertz CT molecular complexity index is 792. The largest absolute Gasteiger partial charge is 0.356 e. The maximum Gasteiger partial charge on any atom is 0.225 e. The highest BCUT2D eigenvalue weighted by molar-refractivity contribution is 5.85. The highest BCUT2D eigenvalue weighted by atomic mass is 16.2. The van der Waals surface area contributed by atoms with Gasteiger partial charge in [-0.2, -0.15) is 0 Å². The number of benzene rings is 1. The van der Waals surface area contributed by atoms with Crippen LogP contribution in [0.15, 0.2) is 54.9 Å². The molecule has 1 aromatic carbocycles. The van der Waals surface area contributed by atoms with Crippen LogP contribution in [0.5, 0.6) is 0 Å². The van der Waals surface area contributed by atoms with E-state index < -0.39 is 0 Å². The van der Waals surface area contributed by atoms with Gasteiger partial charge >= 0.3 is 0 Å². The van der Waals surface area contributed by atoms with Crippen molar-refractivity contribution in [2.45, 2.75) is 45.6 Å². The van der Waals surface area contributed by atoms with Crippen molar-refractivity contribution in [3.05, 3.63) is 66.0 Å². The Morgan fingerprint density at radius 1 is 1.21 bits per heavy atom. The zero-order valence-electron chi connectivity index (χ0n) is 17.4. The maximum absolute atomic E-state index is 13.1. The molecule has 1 aliphatic rings. The van der Waals surface area contributed by atoms with Crippen molar-refractivity contribution in [1.82, 2.24) is 15.2 Å². The van der Waals surface area contributed by atoms with Crippen LogP contribution in [0, 0.1) is 11.8 Å². The van der Waals surface area contributed by atoms with Gasteiger partial charge in [-0.05, 0) is 42.4 Å². The minimum Gasteiger partial charge on any atom is -0.356 e. The lowest BCUT2D eigenvalue weighted by atomic mass is 9.83. The number of aryl methyl sites for hydroxylation is 1. The third-order valence-electron chi connectivity index (χ3n) is 5.42. The van der Waals surface area contributed by atoms with Gasteiger partial charge in [0, 0.05) is 31.9 Å². The van der Waals surface area contributed by atoms with Gasteiger partial charge in [-0.25, -0.2) is 0 Å². The van der Waals surface area contributed by atoms with Crippen LogP contribution in [0.4, 0.5) is 0 Å². The fourth-order valence-corrected chi connectivity index (χ4v) is 4.08. The molecule has 1 aliphatic heterocycles. The first-order valence-corrected chi connectivity index (χ1v) is 10.6. The number of hydrogen-bond donors (Lipinski definition) is 1. The summed E-state index contributed by atoms with van der Waals surface area (Å²) in [4.78, 5) is 31.9. The Kier molecular flexibility index (Phi) is 7.39. The number of nitrogens with zero attached hydrogens (tertiary/aromatic N) is 2. The molecule has 154 valence electrons. The fourth-order valence-electron chi connectivity index (χ4n) is 4.08. The summed E-state index contributed by atoms with van der Waals surface area (Å²) in [6.07, 6.45) is 6.35. The average Bonchev–Trinajstić information content (AvgIpc) is 2.73. The van der Waals surface area contributed by atoms with E-state index in [0.29, 0.717) is 31.8 Å². The first-order valence-electron chi connectivity index (χ1n) is 10.6. The maximum atomic E-state index is 13.1. The van der Waals surface area contributed by atoms with Gasteiger partial charge in [0.2, 0.25) is 11.8 Å². The Balaban J connectivity index is 1.67. The monoisotopic (exact) mass is 393 g/mol. The number of carbonyl (C=O) groups is 2. The number of carbonyl (C=O) groups excluding carboxylic acids is 2. The second-order valence-electron chi connectivity index (χ2n) is 8.20. The van der Waals surface area contributed by atoms with E-state index >= 15 is 0 Å². The number of rotatable bonds is 8. The van der Waals surface area contributed by atoms with Crippen molar-refractivity contribution < 1.29 is 9.59 Å². The quantitative estimate of drug-likeness (QED) is 0.695. The molecule has 3 rings (SSSR count). The highest BCUT2D eigenvalue weighted by Gasteiger charge is 2.40. The highest BCUT2D eigenvalue weighted by Crippen LogP contribution is 2.37. The van der Waals surface area contributed by atoms with Gasteiger partial charge in [0.05, 0.1) is 12.0 Å². The van der Waals surface area contributed by atoms with Crippen molar-refractivity contribution in [2.75, 3.05) is 13.1 Å². The topological polar surface area (TPSA) is 62.3 Å². The molecule has 2 heterocycles. The van der Waals surface area contributed by atoms with Gasteiger partial charge < -0.3 is 10.2 Å². The third kappa shape index (κ3) is 5.66. The summed E-state index contributed by atoms with van der Waals surface area (Å²) in [5, 5.41) is 3.11. The van der Waals surface area contributed by atoms with E-state index in [2.05, 4.69) is 36.3 Å². The third-order valence-corrected chi connectivity index (χ3v) is 5.42. The number of nitrogens with one attached hydrogen (secondary N) is 1. The van der Waals surface area contributed by atoms with Crippen LogP contribution < -0.4 is 5.32 Å². The van der Waals surface area contributed by atoms with E-state index in [0.717, 1.165) is 18.4 Å². The number of hydrogen-bond acceptors (Lipinski definition) is 3. The van der Waals surface area contributed by atoms with E-state index in [1.54, 1.807) is 12.4 Å². The molecule has 0 spiro atoms. The molecule has 1 saturated heterocycles. The predicted octanol–water partition coefficient (Wildman–Crippen LogP) is 3.77. The van der Waals surface area contributed by atoms with Crippen LogP contribution in [0.25, 0.3) is 0 Å². The van der Waals surface area contributed by atoms with Crippen LogP contribution >= 0.6 is 0 Å². The normalized spacial score (nSPS) is 19.4. The lowest BCUT2D eigenvalue weighted by Crippen LogP contribution is -2.49. The van der Waals surface area contributed by atoms with Crippen molar-refractivity contribution in [3.8, 4) is 0 Å². The smallest absolute Gasteiger partial charge is 0.225 e. The SMILES string of the molecule is CC(C)CN1C(=O)CC[C@@H](C(=O)NCCCc2ccccc2)[C@@H]1c1cccnc1. The first-order chi connectivity index (χ1) is 14.1. The zero-order chi connectivity index (χ0) is 20.6. The lowest BCUT2D eigenvalue weighted by Gasteiger charge is -2.41. The molecule has 29 heavy (non-hydrogen) atoms. The molecule has 2 aromatic rings. The molecule has 5 heteroatoms. The minimum absolute atomic E-state index is 0.0353. The van der Waals surface area contributed by atoms with Crippen LogP contribution in [0.1, 0.15) is 50.3 Å². The van der Waals surface area contributed by atoms with Crippen LogP contribution in [-0.2, 0) is 16.0 Å². The van der Waals surface area contributed by atoms with Crippen LogP contribution in [0.2, 0.25) is 0 Å². The molecule has 0 bridgehead atoms. The summed E-state index contributed by atoms with van der Waals surface area (Å²) in [6, 6.07) is 13.9. The zero-order valence-corrected chi connectivity index (χ0v) is 17.4. The number of pyridine rings is 1. The van der Waals surface area contributed by atoms with E-state index in [1.807, 2.05) is 35.2 Å². The average molecular weight is 394 g/mol. The second-order valence-corrected chi connectivity index (χ2v) is 8.20. The molecule has 0 aliphatic carbocycles. The molecule has 5 nitrogen and oxygen atoms in total. The van der Waals surface area contributed by atoms with E-state index in [9.17, 15) is 9.59 Å². The molecule has 1 fully saturated rings. The molecule has 2 amide bonds. The Labute approximate surface area is 173 Å². The van der Waals surface area contributed by atoms with E-state index in [-0.39, 0.29) is 23.8 Å². The summed E-state index contributed by atoms with van der Waals surface area (Å²) < 4.78 is 0. The molecule has 1 N–H and O–H groups in total. The van der Waals surface area contributed by atoms with Crippen molar-refractivity contribution in [1.29, 1.82) is 0 Å². The molecule has 1 aromatic heterocycles. The van der Waals surface area contributed by atoms with Gasteiger partial charge in [-0.3, -0.25) is 14.6 Å². The summed E-state index contributed by atoms with van der Waals surface area (Å²) in [5.41, 5.74) is 2.21. The predicted molar refractivity (Wildman–Crippen MR) is 114 cm³/mol. The van der Waals surface area contributed by atoms with Crippen molar-refractivity contribution >= 4 is 11.8 Å². The minimum atomic E-state index is -0.249. The van der Waals surface area contributed by atoms with Crippen molar-refractivity contribution in [3.63, 3.8) is 0 Å². The van der Waals surface area contributed by atoms with E-state index in [1.165, 1.54) is 5.56 Å². The lowest BCUT2D eigenvalue weighted by molar-refractivity contribution is -0.144. The molecular formula is C24H31N3O2. The number of amides is 2. The Morgan fingerprint density at radius 2 is 2.00 bits per heavy atom. The summed E-state index contributed by atoms with van der Waals surface area (Å²) >= 11 is 0. The van der Waals surface area contributed by atoms with Gasteiger partial charge in [0.1, 0.15) is 0 Å². The molecule has 0 radical (unpaired) electrons. The van der Waals surface area contributed by atoms with Gasteiger partial charge in [-0.15, -0.1) is 0 Å². The molecule has 0 saturated carbocycles. The van der Waals surface area contributed by atoms with Crippen LogP contribution in [-0.4, -0.2) is 34.8 Å². The summed E-state index contributed by atoms with van der Waals surface area (Å²) in [6.45, 7) is 5.49. The molecule has 2 atom stereocenters. The van der Waals surface area contributed by atoms with Gasteiger partial charge in [0.15, 0.2) is 0 Å². The summed E-state index contributed by atoms with van der Waals surface area (Å²) in [7, 11) is 0. The van der Waals surface area contributed by atoms with Crippen LogP contribution in [0.3, 0.4) is 0 Å². The molecular weight excluding hydrogens is 362 g/mol.